The van der Waals surface area contributed by atoms with Crippen LogP contribution < -0.4 is 10.1 Å². The van der Waals surface area contributed by atoms with Crippen molar-refractivity contribution in [3.05, 3.63) is 64.2 Å². The Morgan fingerprint density at radius 1 is 1.19 bits per heavy atom. The van der Waals surface area contributed by atoms with Crippen LogP contribution in [0.25, 0.3) is 0 Å². The molecule has 3 heteroatoms. The highest BCUT2D eigenvalue weighted by Crippen LogP contribution is 2.31. The quantitative estimate of drug-likeness (QED) is 0.832. The first kappa shape index (κ1) is 15.9. The number of halogens is 1. The molecular formula is C18H22ClNO. The summed E-state index contributed by atoms with van der Waals surface area (Å²) in [5, 5.41) is 4.15. The first-order chi connectivity index (χ1) is 10.2. The third kappa shape index (κ3) is 3.78. The van der Waals surface area contributed by atoms with Crippen LogP contribution in [0, 0.1) is 6.92 Å². The molecule has 0 radical (unpaired) electrons. The molecule has 0 saturated heterocycles. The number of nitrogens with one attached hydrogen (secondary N) is 1. The molecule has 1 unspecified atom stereocenters. The van der Waals surface area contributed by atoms with E-state index in [2.05, 4.69) is 30.4 Å². The van der Waals surface area contributed by atoms with Crippen molar-refractivity contribution in [3.8, 4) is 5.75 Å². The Kier molecular flexibility index (Phi) is 5.66. The lowest BCUT2D eigenvalue weighted by molar-refractivity contribution is 0.312. The molecule has 0 spiro atoms. The van der Waals surface area contributed by atoms with Gasteiger partial charge in [0, 0.05) is 10.6 Å². The Morgan fingerprint density at radius 2 is 1.95 bits per heavy atom. The molecule has 0 aromatic heterocycles. The fourth-order valence-electron chi connectivity index (χ4n) is 2.35. The van der Waals surface area contributed by atoms with E-state index >= 15 is 0 Å². The zero-order chi connectivity index (χ0) is 15.2. The molecule has 1 N–H and O–H groups in total. The van der Waals surface area contributed by atoms with E-state index < -0.39 is 0 Å². The standard InChI is InChI=1S/C18H22ClNO/c1-4-11-21-17-8-6-5-7-15(17)18(20-3)14-10-9-13(2)16(19)12-14/h5-10,12,18,20H,4,11H2,1-3H3. The van der Waals surface area contributed by atoms with E-state index in [4.69, 9.17) is 16.3 Å². The van der Waals surface area contributed by atoms with Gasteiger partial charge in [0.2, 0.25) is 0 Å². The molecule has 0 bridgehead atoms. The minimum atomic E-state index is 0.0659. The number of hydrogen-bond acceptors (Lipinski definition) is 2. The summed E-state index contributed by atoms with van der Waals surface area (Å²) >= 11 is 6.27. The second-order valence-electron chi connectivity index (χ2n) is 5.12. The Morgan fingerprint density at radius 3 is 2.62 bits per heavy atom. The van der Waals surface area contributed by atoms with Crippen molar-refractivity contribution < 1.29 is 4.74 Å². The fourth-order valence-corrected chi connectivity index (χ4v) is 2.54. The summed E-state index contributed by atoms with van der Waals surface area (Å²) in [6.45, 7) is 4.85. The lowest BCUT2D eigenvalue weighted by Gasteiger charge is -2.21. The highest BCUT2D eigenvalue weighted by Gasteiger charge is 2.17. The van der Waals surface area contributed by atoms with E-state index in [1.807, 2.05) is 38.2 Å². The van der Waals surface area contributed by atoms with Gasteiger partial charge in [-0.25, -0.2) is 0 Å². The van der Waals surface area contributed by atoms with Crippen LogP contribution in [-0.4, -0.2) is 13.7 Å². The molecule has 2 aromatic rings. The minimum Gasteiger partial charge on any atom is -0.493 e. The van der Waals surface area contributed by atoms with Gasteiger partial charge >= 0.3 is 0 Å². The zero-order valence-electron chi connectivity index (χ0n) is 12.8. The van der Waals surface area contributed by atoms with Gasteiger partial charge in [0.25, 0.3) is 0 Å². The average molecular weight is 304 g/mol. The van der Waals surface area contributed by atoms with Crippen molar-refractivity contribution in [1.29, 1.82) is 0 Å². The number of ether oxygens (including phenoxy) is 1. The molecule has 2 nitrogen and oxygen atoms in total. The van der Waals surface area contributed by atoms with Crippen molar-refractivity contribution >= 4 is 11.6 Å². The molecule has 0 aliphatic heterocycles. The normalized spacial score (nSPS) is 12.2. The Bertz CT molecular complexity index is 598. The number of benzene rings is 2. The molecule has 0 aliphatic rings. The second kappa shape index (κ2) is 7.48. The number of hydrogen-bond donors (Lipinski definition) is 1. The maximum absolute atomic E-state index is 6.27. The van der Waals surface area contributed by atoms with Crippen LogP contribution in [0.1, 0.15) is 36.1 Å². The van der Waals surface area contributed by atoms with Crippen molar-refractivity contribution in [2.45, 2.75) is 26.3 Å². The van der Waals surface area contributed by atoms with Gasteiger partial charge < -0.3 is 10.1 Å². The first-order valence-electron chi connectivity index (χ1n) is 7.32. The van der Waals surface area contributed by atoms with Crippen LogP contribution in [0.5, 0.6) is 5.75 Å². The molecule has 0 aliphatic carbocycles. The van der Waals surface area contributed by atoms with E-state index in [9.17, 15) is 0 Å². The lowest BCUT2D eigenvalue weighted by Crippen LogP contribution is -2.18. The monoisotopic (exact) mass is 303 g/mol. The smallest absolute Gasteiger partial charge is 0.124 e. The van der Waals surface area contributed by atoms with Gasteiger partial charge in [0.15, 0.2) is 0 Å². The van der Waals surface area contributed by atoms with Gasteiger partial charge in [-0.15, -0.1) is 0 Å². The summed E-state index contributed by atoms with van der Waals surface area (Å²) in [4.78, 5) is 0. The van der Waals surface area contributed by atoms with Crippen LogP contribution in [-0.2, 0) is 0 Å². The van der Waals surface area contributed by atoms with Gasteiger partial charge in [-0.2, -0.15) is 0 Å². The highest BCUT2D eigenvalue weighted by atomic mass is 35.5. The van der Waals surface area contributed by atoms with E-state index in [0.717, 1.165) is 40.5 Å². The van der Waals surface area contributed by atoms with Crippen LogP contribution in [0.2, 0.25) is 5.02 Å². The average Bonchev–Trinajstić information content (AvgIpc) is 2.50. The number of rotatable bonds is 6. The molecule has 112 valence electrons. The fraction of sp³-hybridized carbons (Fsp3) is 0.333. The molecule has 1 atom stereocenters. The Hall–Kier alpha value is -1.51. The molecule has 2 aromatic carbocycles. The summed E-state index contributed by atoms with van der Waals surface area (Å²) in [5.74, 6) is 0.926. The van der Waals surface area contributed by atoms with Gasteiger partial charge in [0.1, 0.15) is 5.75 Å². The van der Waals surface area contributed by atoms with E-state index in [-0.39, 0.29) is 6.04 Å². The van der Waals surface area contributed by atoms with Gasteiger partial charge in [-0.05, 0) is 43.7 Å². The molecule has 2 rings (SSSR count). The van der Waals surface area contributed by atoms with Crippen molar-refractivity contribution in [2.24, 2.45) is 0 Å². The summed E-state index contributed by atoms with van der Waals surface area (Å²) in [5.41, 5.74) is 3.36. The predicted octanol–water partition coefficient (Wildman–Crippen LogP) is 4.75. The summed E-state index contributed by atoms with van der Waals surface area (Å²) in [6.07, 6.45) is 0.995. The largest absolute Gasteiger partial charge is 0.493 e. The predicted molar refractivity (Wildman–Crippen MR) is 89.3 cm³/mol. The summed E-state index contributed by atoms with van der Waals surface area (Å²) in [6, 6.07) is 14.4. The van der Waals surface area contributed by atoms with E-state index in [1.165, 1.54) is 0 Å². The van der Waals surface area contributed by atoms with Crippen molar-refractivity contribution in [2.75, 3.05) is 13.7 Å². The van der Waals surface area contributed by atoms with Crippen LogP contribution in [0.3, 0.4) is 0 Å². The van der Waals surface area contributed by atoms with Crippen LogP contribution in [0.15, 0.2) is 42.5 Å². The zero-order valence-corrected chi connectivity index (χ0v) is 13.6. The molecule has 21 heavy (non-hydrogen) atoms. The molecule has 0 fully saturated rings. The second-order valence-corrected chi connectivity index (χ2v) is 5.52. The van der Waals surface area contributed by atoms with E-state index in [1.54, 1.807) is 0 Å². The van der Waals surface area contributed by atoms with Gasteiger partial charge in [-0.1, -0.05) is 48.9 Å². The molecule has 0 saturated carbocycles. The lowest BCUT2D eigenvalue weighted by atomic mass is 9.97. The van der Waals surface area contributed by atoms with E-state index in [0.29, 0.717) is 0 Å². The summed E-state index contributed by atoms with van der Waals surface area (Å²) in [7, 11) is 1.95. The SMILES string of the molecule is CCCOc1ccccc1C(NC)c1ccc(C)c(Cl)c1. The molecule has 0 amide bonds. The minimum absolute atomic E-state index is 0.0659. The van der Waals surface area contributed by atoms with Crippen molar-refractivity contribution in [3.63, 3.8) is 0 Å². The van der Waals surface area contributed by atoms with Crippen LogP contribution >= 0.6 is 11.6 Å². The third-order valence-corrected chi connectivity index (χ3v) is 3.92. The molecular weight excluding hydrogens is 282 g/mol. The molecule has 0 heterocycles. The third-order valence-electron chi connectivity index (χ3n) is 3.51. The summed E-state index contributed by atoms with van der Waals surface area (Å²) < 4.78 is 5.87. The first-order valence-corrected chi connectivity index (χ1v) is 7.70. The van der Waals surface area contributed by atoms with Gasteiger partial charge in [-0.3, -0.25) is 0 Å². The van der Waals surface area contributed by atoms with Gasteiger partial charge in [0.05, 0.1) is 12.6 Å². The topological polar surface area (TPSA) is 21.3 Å². The van der Waals surface area contributed by atoms with Crippen LogP contribution in [0.4, 0.5) is 0 Å². The Balaban J connectivity index is 2.38. The number of aryl methyl sites for hydroxylation is 1. The maximum atomic E-state index is 6.27. The van der Waals surface area contributed by atoms with Crippen molar-refractivity contribution in [1.82, 2.24) is 5.32 Å². The maximum Gasteiger partial charge on any atom is 0.124 e. The Labute approximate surface area is 132 Å². The number of para-hydroxylation sites is 1. The highest BCUT2D eigenvalue weighted by molar-refractivity contribution is 6.31.